The van der Waals surface area contributed by atoms with Crippen molar-refractivity contribution in [1.82, 2.24) is 0 Å². The molecule has 0 aliphatic rings. The van der Waals surface area contributed by atoms with Gasteiger partial charge >= 0.3 is 0 Å². The topological polar surface area (TPSA) is 44.5 Å². The second-order valence-electron chi connectivity index (χ2n) is 4.74. The molecule has 0 unspecified atom stereocenters. The molecule has 0 heterocycles. The van der Waals surface area contributed by atoms with Gasteiger partial charge in [0.1, 0.15) is 10.7 Å². The van der Waals surface area contributed by atoms with E-state index in [4.69, 9.17) is 27.4 Å². The van der Waals surface area contributed by atoms with Crippen molar-refractivity contribution in [2.75, 3.05) is 19.8 Å². The summed E-state index contributed by atoms with van der Waals surface area (Å²) in [7, 11) is 0. The first-order valence-electron chi connectivity index (χ1n) is 7.35. The number of hydrogen-bond acceptors (Lipinski definition) is 3. The maximum absolute atomic E-state index is 5.70. The molecule has 0 bridgehead atoms. The minimum absolute atomic E-state index is 0.368. The third-order valence-electron chi connectivity index (χ3n) is 2.99. The Bertz CT molecular complexity index is 396. The smallest absolute Gasteiger partial charge is 0.129 e. The average molecular weight is 295 g/mol. The van der Waals surface area contributed by atoms with E-state index in [1.54, 1.807) is 0 Å². The highest BCUT2D eigenvalue weighted by atomic mass is 32.1. The molecule has 0 saturated heterocycles. The van der Waals surface area contributed by atoms with E-state index >= 15 is 0 Å². The van der Waals surface area contributed by atoms with Crippen molar-refractivity contribution in [3.05, 3.63) is 29.8 Å². The molecule has 0 saturated carbocycles. The summed E-state index contributed by atoms with van der Waals surface area (Å²) in [6.45, 7) is 4.42. The summed E-state index contributed by atoms with van der Waals surface area (Å²) in [5.41, 5.74) is 6.45. The first-order chi connectivity index (χ1) is 9.75. The van der Waals surface area contributed by atoms with Crippen LogP contribution in [-0.2, 0) is 4.74 Å². The van der Waals surface area contributed by atoms with Crippen molar-refractivity contribution in [1.29, 1.82) is 0 Å². The Balaban J connectivity index is 2.11. The lowest BCUT2D eigenvalue weighted by molar-refractivity contribution is 0.116. The fourth-order valence-corrected chi connectivity index (χ4v) is 2.04. The molecule has 0 atom stereocenters. The van der Waals surface area contributed by atoms with Gasteiger partial charge in [-0.15, -0.1) is 0 Å². The lowest BCUT2D eigenvalue weighted by Gasteiger charge is -2.10. The maximum Gasteiger partial charge on any atom is 0.129 e. The Kier molecular flexibility index (Phi) is 9.00. The summed E-state index contributed by atoms with van der Waals surface area (Å²) in [5, 5.41) is 0. The highest BCUT2D eigenvalue weighted by Crippen LogP contribution is 2.17. The SMILES string of the molecule is CCCCCCOCCCOc1ccccc1C(N)=S. The van der Waals surface area contributed by atoms with Gasteiger partial charge in [-0.1, -0.05) is 50.5 Å². The van der Waals surface area contributed by atoms with Gasteiger partial charge in [-0.2, -0.15) is 0 Å². The van der Waals surface area contributed by atoms with Crippen LogP contribution in [0.2, 0.25) is 0 Å². The molecule has 2 N–H and O–H groups in total. The minimum atomic E-state index is 0.368. The second kappa shape index (κ2) is 10.6. The summed E-state index contributed by atoms with van der Waals surface area (Å²) < 4.78 is 11.3. The van der Waals surface area contributed by atoms with Gasteiger partial charge in [0.25, 0.3) is 0 Å². The van der Waals surface area contributed by atoms with Gasteiger partial charge in [-0.05, 0) is 18.6 Å². The zero-order valence-corrected chi connectivity index (χ0v) is 13.1. The third kappa shape index (κ3) is 6.87. The van der Waals surface area contributed by atoms with Crippen LogP contribution in [0.15, 0.2) is 24.3 Å². The quantitative estimate of drug-likeness (QED) is 0.499. The molecule has 0 aliphatic heterocycles. The van der Waals surface area contributed by atoms with E-state index in [0.29, 0.717) is 11.6 Å². The summed E-state index contributed by atoms with van der Waals surface area (Å²) in [5.74, 6) is 0.753. The standard InChI is InChI=1S/C16H25NO2S/c1-2-3-4-7-11-18-12-8-13-19-15-10-6-5-9-14(15)16(17)20/h5-6,9-10H,2-4,7-8,11-13H2,1H3,(H2,17,20). The third-order valence-corrected chi connectivity index (χ3v) is 3.21. The van der Waals surface area contributed by atoms with Gasteiger partial charge in [-0.25, -0.2) is 0 Å². The van der Waals surface area contributed by atoms with Gasteiger partial charge in [-0.3, -0.25) is 0 Å². The van der Waals surface area contributed by atoms with E-state index in [1.165, 1.54) is 19.3 Å². The first-order valence-corrected chi connectivity index (χ1v) is 7.76. The number of rotatable bonds is 11. The maximum atomic E-state index is 5.70. The van der Waals surface area contributed by atoms with Gasteiger partial charge in [0.2, 0.25) is 0 Å². The molecule has 0 aliphatic carbocycles. The number of hydrogen-bond donors (Lipinski definition) is 1. The lowest BCUT2D eigenvalue weighted by atomic mass is 10.2. The molecule has 112 valence electrons. The molecule has 1 aromatic rings. The van der Waals surface area contributed by atoms with Crippen LogP contribution >= 0.6 is 12.2 Å². The zero-order chi connectivity index (χ0) is 14.6. The Labute approximate surface area is 127 Å². The number of unbranched alkanes of at least 4 members (excludes halogenated alkanes) is 3. The average Bonchev–Trinajstić information content (AvgIpc) is 2.46. The summed E-state index contributed by atoms with van der Waals surface area (Å²) in [4.78, 5) is 0.368. The van der Waals surface area contributed by atoms with Gasteiger partial charge < -0.3 is 15.2 Å². The van der Waals surface area contributed by atoms with Crippen LogP contribution in [0.4, 0.5) is 0 Å². The molecular weight excluding hydrogens is 270 g/mol. The van der Waals surface area contributed by atoms with Crippen molar-refractivity contribution < 1.29 is 9.47 Å². The van der Waals surface area contributed by atoms with E-state index < -0.39 is 0 Å². The predicted octanol–water partition coefficient (Wildman–Crippen LogP) is 3.69. The number of thiocarbonyl (C=S) groups is 1. The molecular formula is C16H25NO2S. The van der Waals surface area contributed by atoms with Crippen molar-refractivity contribution in [3.8, 4) is 5.75 Å². The van der Waals surface area contributed by atoms with Crippen molar-refractivity contribution in [2.45, 2.75) is 39.0 Å². The predicted molar refractivity (Wildman–Crippen MR) is 87.4 cm³/mol. The highest BCUT2D eigenvalue weighted by Gasteiger charge is 2.04. The zero-order valence-electron chi connectivity index (χ0n) is 12.3. The van der Waals surface area contributed by atoms with E-state index in [1.807, 2.05) is 24.3 Å². The van der Waals surface area contributed by atoms with Crippen LogP contribution < -0.4 is 10.5 Å². The Hall–Kier alpha value is -1.13. The molecule has 0 radical (unpaired) electrons. The van der Waals surface area contributed by atoms with E-state index in [2.05, 4.69) is 6.92 Å². The van der Waals surface area contributed by atoms with Crippen LogP contribution in [0.3, 0.4) is 0 Å². The van der Waals surface area contributed by atoms with Crippen LogP contribution in [0.25, 0.3) is 0 Å². The highest BCUT2D eigenvalue weighted by molar-refractivity contribution is 7.80. The van der Waals surface area contributed by atoms with Crippen molar-refractivity contribution in [2.24, 2.45) is 5.73 Å². The monoisotopic (exact) mass is 295 g/mol. The van der Waals surface area contributed by atoms with E-state index in [9.17, 15) is 0 Å². The summed E-state index contributed by atoms with van der Waals surface area (Å²) in [6.07, 6.45) is 5.84. The molecule has 1 aromatic carbocycles. The molecule has 3 nitrogen and oxygen atoms in total. The summed E-state index contributed by atoms with van der Waals surface area (Å²) >= 11 is 4.99. The fourth-order valence-electron chi connectivity index (χ4n) is 1.87. The Morgan fingerprint density at radius 1 is 1.05 bits per heavy atom. The lowest BCUT2D eigenvalue weighted by Crippen LogP contribution is -2.12. The first kappa shape index (κ1) is 16.9. The second-order valence-corrected chi connectivity index (χ2v) is 5.18. The van der Waals surface area contributed by atoms with Crippen molar-refractivity contribution in [3.63, 3.8) is 0 Å². The fraction of sp³-hybridized carbons (Fsp3) is 0.562. The molecule has 4 heteroatoms. The van der Waals surface area contributed by atoms with Crippen LogP contribution in [-0.4, -0.2) is 24.8 Å². The van der Waals surface area contributed by atoms with Crippen molar-refractivity contribution >= 4 is 17.2 Å². The molecule has 0 aromatic heterocycles. The van der Waals surface area contributed by atoms with E-state index in [-0.39, 0.29) is 0 Å². The molecule has 0 fully saturated rings. The molecule has 1 rings (SSSR count). The Morgan fingerprint density at radius 3 is 2.55 bits per heavy atom. The minimum Gasteiger partial charge on any atom is -0.493 e. The van der Waals surface area contributed by atoms with Crippen LogP contribution in [0.1, 0.15) is 44.6 Å². The number of para-hydroxylation sites is 1. The van der Waals surface area contributed by atoms with Gasteiger partial charge in [0.15, 0.2) is 0 Å². The number of benzene rings is 1. The molecule has 20 heavy (non-hydrogen) atoms. The number of ether oxygens (including phenoxy) is 2. The largest absolute Gasteiger partial charge is 0.493 e. The molecule has 0 spiro atoms. The van der Waals surface area contributed by atoms with E-state index in [0.717, 1.165) is 37.4 Å². The van der Waals surface area contributed by atoms with Crippen LogP contribution in [0, 0.1) is 0 Å². The normalized spacial score (nSPS) is 10.4. The Morgan fingerprint density at radius 2 is 1.80 bits per heavy atom. The summed E-state index contributed by atoms with van der Waals surface area (Å²) in [6, 6.07) is 7.59. The van der Waals surface area contributed by atoms with Crippen LogP contribution in [0.5, 0.6) is 5.75 Å². The van der Waals surface area contributed by atoms with Gasteiger partial charge in [0, 0.05) is 19.6 Å². The molecule has 0 amide bonds. The van der Waals surface area contributed by atoms with Gasteiger partial charge in [0.05, 0.1) is 12.2 Å². The number of nitrogens with two attached hydrogens (primary N) is 1.